The van der Waals surface area contributed by atoms with E-state index in [0.717, 1.165) is 31.7 Å². The number of halogens is 1. The van der Waals surface area contributed by atoms with Gasteiger partial charge in [-0.05, 0) is 19.8 Å². The third kappa shape index (κ3) is 6.06. The third-order valence-electron chi connectivity index (χ3n) is 3.05. The summed E-state index contributed by atoms with van der Waals surface area (Å²) in [5, 5.41) is 0.489. The Morgan fingerprint density at radius 3 is 2.30 bits per heavy atom. The summed E-state index contributed by atoms with van der Waals surface area (Å²) >= 11 is 6.11. The van der Waals surface area contributed by atoms with E-state index in [1.807, 2.05) is 13.0 Å². The van der Waals surface area contributed by atoms with Crippen LogP contribution in [0.25, 0.3) is 0 Å². The molecular formula is C15H26ClN3O. The summed E-state index contributed by atoms with van der Waals surface area (Å²) in [6.07, 6.45) is 4.67. The minimum absolute atomic E-state index is 0.416. The van der Waals surface area contributed by atoms with Crippen molar-refractivity contribution in [1.82, 2.24) is 9.97 Å². The highest BCUT2D eigenvalue weighted by molar-refractivity contribution is 6.29. The molecule has 0 unspecified atom stereocenters. The number of ether oxygens (including phenoxy) is 1. The molecule has 1 aromatic rings. The normalized spacial score (nSPS) is 10.8. The Morgan fingerprint density at radius 2 is 1.75 bits per heavy atom. The van der Waals surface area contributed by atoms with E-state index < -0.39 is 0 Å². The highest BCUT2D eigenvalue weighted by Crippen LogP contribution is 2.18. The second-order valence-electron chi connectivity index (χ2n) is 4.80. The molecule has 0 bridgehead atoms. The Labute approximate surface area is 127 Å². The van der Waals surface area contributed by atoms with Gasteiger partial charge < -0.3 is 9.64 Å². The largest absolute Gasteiger partial charge is 0.374 e. The zero-order valence-electron chi connectivity index (χ0n) is 12.9. The first-order valence-electron chi connectivity index (χ1n) is 7.57. The predicted molar refractivity (Wildman–Crippen MR) is 84.4 cm³/mol. The second kappa shape index (κ2) is 9.94. The molecule has 0 amide bonds. The van der Waals surface area contributed by atoms with Crippen LogP contribution in [-0.2, 0) is 11.3 Å². The number of aromatic nitrogens is 2. The molecule has 20 heavy (non-hydrogen) atoms. The number of anilines is 1. The topological polar surface area (TPSA) is 38.2 Å². The Kier molecular flexibility index (Phi) is 8.54. The van der Waals surface area contributed by atoms with E-state index in [0.29, 0.717) is 24.2 Å². The standard InChI is InChI=1S/C15H26ClN3O/c1-4-7-9-19(10-8-5-2)15-11-13(16)17-14(18-15)12-20-6-3/h11H,4-10,12H2,1-3H3. The van der Waals surface area contributed by atoms with E-state index in [-0.39, 0.29) is 0 Å². The van der Waals surface area contributed by atoms with Gasteiger partial charge in [0, 0.05) is 25.8 Å². The van der Waals surface area contributed by atoms with Crippen LogP contribution < -0.4 is 4.90 Å². The van der Waals surface area contributed by atoms with Crippen LogP contribution in [0.2, 0.25) is 5.15 Å². The average Bonchev–Trinajstić information content (AvgIpc) is 2.44. The minimum Gasteiger partial charge on any atom is -0.374 e. The van der Waals surface area contributed by atoms with Crippen LogP contribution >= 0.6 is 11.6 Å². The van der Waals surface area contributed by atoms with E-state index in [1.54, 1.807) is 0 Å². The lowest BCUT2D eigenvalue weighted by atomic mass is 10.2. The number of unbranched alkanes of at least 4 members (excludes halogenated alkanes) is 2. The summed E-state index contributed by atoms with van der Waals surface area (Å²) in [5.41, 5.74) is 0. The van der Waals surface area contributed by atoms with Crippen molar-refractivity contribution < 1.29 is 4.74 Å². The molecule has 114 valence electrons. The zero-order valence-corrected chi connectivity index (χ0v) is 13.6. The maximum absolute atomic E-state index is 6.11. The lowest BCUT2D eigenvalue weighted by molar-refractivity contribution is 0.128. The molecule has 0 saturated carbocycles. The van der Waals surface area contributed by atoms with Crippen molar-refractivity contribution in [2.75, 3.05) is 24.6 Å². The Morgan fingerprint density at radius 1 is 1.10 bits per heavy atom. The Bertz CT molecular complexity index is 379. The second-order valence-corrected chi connectivity index (χ2v) is 5.18. The van der Waals surface area contributed by atoms with Gasteiger partial charge in [0.2, 0.25) is 0 Å². The minimum atomic E-state index is 0.416. The predicted octanol–water partition coefficient (Wildman–Crippen LogP) is 4.07. The van der Waals surface area contributed by atoms with E-state index in [4.69, 9.17) is 16.3 Å². The fourth-order valence-corrected chi connectivity index (χ4v) is 2.11. The summed E-state index contributed by atoms with van der Waals surface area (Å²) in [6, 6.07) is 1.85. The number of hydrogen-bond donors (Lipinski definition) is 0. The third-order valence-corrected chi connectivity index (χ3v) is 3.24. The highest BCUT2D eigenvalue weighted by Gasteiger charge is 2.10. The van der Waals surface area contributed by atoms with Gasteiger partial charge in [-0.3, -0.25) is 0 Å². The molecule has 4 nitrogen and oxygen atoms in total. The lowest BCUT2D eigenvalue weighted by Gasteiger charge is -2.24. The highest BCUT2D eigenvalue weighted by atomic mass is 35.5. The summed E-state index contributed by atoms with van der Waals surface area (Å²) in [6.45, 7) is 9.45. The smallest absolute Gasteiger partial charge is 0.158 e. The first-order chi connectivity index (χ1) is 9.71. The van der Waals surface area contributed by atoms with Gasteiger partial charge in [0.1, 0.15) is 17.6 Å². The summed E-state index contributed by atoms with van der Waals surface area (Å²) in [7, 11) is 0. The molecule has 0 spiro atoms. The van der Waals surface area contributed by atoms with Gasteiger partial charge >= 0.3 is 0 Å². The summed E-state index contributed by atoms with van der Waals surface area (Å²) in [4.78, 5) is 11.1. The van der Waals surface area contributed by atoms with Gasteiger partial charge in [-0.1, -0.05) is 38.3 Å². The van der Waals surface area contributed by atoms with Crippen LogP contribution in [0.15, 0.2) is 6.07 Å². The van der Waals surface area contributed by atoms with E-state index in [9.17, 15) is 0 Å². The molecule has 1 heterocycles. The molecule has 0 atom stereocenters. The Hall–Kier alpha value is -0.870. The Balaban J connectivity index is 2.83. The van der Waals surface area contributed by atoms with Gasteiger partial charge in [-0.15, -0.1) is 0 Å². The molecule has 0 aliphatic carbocycles. The molecule has 0 aliphatic heterocycles. The molecule has 0 radical (unpaired) electrons. The van der Waals surface area contributed by atoms with E-state index in [1.165, 1.54) is 12.8 Å². The molecule has 1 aromatic heterocycles. The van der Waals surface area contributed by atoms with Gasteiger partial charge in [0.05, 0.1) is 0 Å². The van der Waals surface area contributed by atoms with Gasteiger partial charge in [0.15, 0.2) is 5.82 Å². The maximum Gasteiger partial charge on any atom is 0.158 e. The quantitative estimate of drug-likeness (QED) is 0.610. The van der Waals surface area contributed by atoms with Crippen LogP contribution in [0.1, 0.15) is 52.3 Å². The number of nitrogens with zero attached hydrogens (tertiary/aromatic N) is 3. The molecule has 0 aromatic carbocycles. The van der Waals surface area contributed by atoms with Crippen LogP contribution in [0.4, 0.5) is 5.82 Å². The molecule has 0 aliphatic rings. The van der Waals surface area contributed by atoms with Gasteiger partial charge in [-0.25, -0.2) is 9.97 Å². The zero-order chi connectivity index (χ0) is 14.8. The number of hydrogen-bond acceptors (Lipinski definition) is 4. The van der Waals surface area contributed by atoms with Crippen LogP contribution in [0, 0.1) is 0 Å². The molecular weight excluding hydrogens is 274 g/mol. The van der Waals surface area contributed by atoms with Crippen molar-refractivity contribution in [2.24, 2.45) is 0 Å². The average molecular weight is 300 g/mol. The van der Waals surface area contributed by atoms with Gasteiger partial charge in [0.25, 0.3) is 0 Å². The molecule has 1 rings (SSSR count). The fourth-order valence-electron chi connectivity index (χ4n) is 1.91. The van der Waals surface area contributed by atoms with Crippen molar-refractivity contribution in [1.29, 1.82) is 0 Å². The lowest BCUT2D eigenvalue weighted by Crippen LogP contribution is -2.27. The first-order valence-corrected chi connectivity index (χ1v) is 7.95. The molecule has 0 saturated heterocycles. The van der Waals surface area contributed by atoms with E-state index >= 15 is 0 Å². The van der Waals surface area contributed by atoms with Crippen LogP contribution in [-0.4, -0.2) is 29.7 Å². The van der Waals surface area contributed by atoms with Crippen molar-refractivity contribution in [3.8, 4) is 0 Å². The van der Waals surface area contributed by atoms with Crippen molar-refractivity contribution in [3.63, 3.8) is 0 Å². The summed E-state index contributed by atoms with van der Waals surface area (Å²) in [5.74, 6) is 1.58. The van der Waals surface area contributed by atoms with Crippen LogP contribution in [0.5, 0.6) is 0 Å². The fraction of sp³-hybridized carbons (Fsp3) is 0.733. The van der Waals surface area contributed by atoms with Gasteiger partial charge in [-0.2, -0.15) is 0 Å². The molecule has 5 heteroatoms. The molecule has 0 fully saturated rings. The van der Waals surface area contributed by atoms with Crippen molar-refractivity contribution in [2.45, 2.75) is 53.1 Å². The molecule has 0 N–H and O–H groups in total. The maximum atomic E-state index is 6.11. The summed E-state index contributed by atoms with van der Waals surface area (Å²) < 4.78 is 5.37. The SMILES string of the molecule is CCCCN(CCCC)c1cc(Cl)nc(COCC)n1. The van der Waals surface area contributed by atoms with E-state index in [2.05, 4.69) is 28.7 Å². The monoisotopic (exact) mass is 299 g/mol. The van der Waals surface area contributed by atoms with Crippen molar-refractivity contribution in [3.05, 3.63) is 17.0 Å². The first kappa shape index (κ1) is 17.2. The van der Waals surface area contributed by atoms with Crippen molar-refractivity contribution >= 4 is 17.4 Å². The van der Waals surface area contributed by atoms with Crippen LogP contribution in [0.3, 0.4) is 0 Å². The number of rotatable bonds is 10.